The molecule has 1 amide bonds. The van der Waals surface area contributed by atoms with Crippen LogP contribution in [0.2, 0.25) is 10.0 Å². The first-order valence-electron chi connectivity index (χ1n) is 6.39. The highest BCUT2D eigenvalue weighted by atomic mass is 35.5. The molecule has 9 heteroatoms. The van der Waals surface area contributed by atoms with Crippen molar-refractivity contribution in [1.29, 1.82) is 0 Å². The molecule has 1 heterocycles. The Kier molecular flexibility index (Phi) is 5.31. The molecule has 1 N–H and O–H groups in total. The Morgan fingerprint density at radius 1 is 1.32 bits per heavy atom. The second-order valence-corrected chi connectivity index (χ2v) is 7.86. The molecular weight excluding hydrogens is 353 g/mol. The van der Waals surface area contributed by atoms with E-state index >= 15 is 0 Å². The highest BCUT2D eigenvalue weighted by Crippen LogP contribution is 2.25. The molecule has 0 bridgehead atoms. The molecule has 0 radical (unpaired) electrons. The van der Waals surface area contributed by atoms with Crippen LogP contribution in [0.15, 0.2) is 18.2 Å². The highest BCUT2D eigenvalue weighted by molar-refractivity contribution is 7.91. The van der Waals surface area contributed by atoms with Crippen molar-refractivity contribution in [2.45, 2.75) is 12.5 Å². The number of amides is 1. The molecular formula is C13H13Cl2NO5S. The molecule has 1 aromatic carbocycles. The van der Waals surface area contributed by atoms with Gasteiger partial charge in [0.05, 0.1) is 27.1 Å². The molecule has 0 aliphatic carbocycles. The van der Waals surface area contributed by atoms with Gasteiger partial charge in [0.15, 0.2) is 16.4 Å². The van der Waals surface area contributed by atoms with Gasteiger partial charge in [0.2, 0.25) is 0 Å². The van der Waals surface area contributed by atoms with Crippen molar-refractivity contribution in [2.75, 3.05) is 18.1 Å². The monoisotopic (exact) mass is 365 g/mol. The first kappa shape index (κ1) is 17.1. The summed E-state index contributed by atoms with van der Waals surface area (Å²) in [5, 5.41) is 2.77. The Bertz CT molecular complexity index is 704. The molecule has 22 heavy (non-hydrogen) atoms. The Hall–Kier alpha value is -1.31. The summed E-state index contributed by atoms with van der Waals surface area (Å²) in [5.74, 6) is -1.38. The second kappa shape index (κ2) is 6.85. The summed E-state index contributed by atoms with van der Waals surface area (Å²) in [6.07, 6.45) is 0.363. The smallest absolute Gasteiger partial charge is 0.340 e. The van der Waals surface area contributed by atoms with E-state index in [1.165, 1.54) is 18.2 Å². The fraction of sp³-hybridized carbons (Fsp3) is 0.385. The minimum absolute atomic E-state index is 0.0514. The molecule has 1 aliphatic rings. The first-order valence-corrected chi connectivity index (χ1v) is 8.97. The van der Waals surface area contributed by atoms with Gasteiger partial charge in [-0.05, 0) is 18.6 Å². The van der Waals surface area contributed by atoms with Gasteiger partial charge < -0.3 is 10.1 Å². The lowest BCUT2D eigenvalue weighted by molar-refractivity contribution is -0.124. The van der Waals surface area contributed by atoms with E-state index in [1.807, 2.05) is 0 Å². The number of carbonyl (C=O) groups is 2. The van der Waals surface area contributed by atoms with Crippen molar-refractivity contribution >= 4 is 44.9 Å². The lowest BCUT2D eigenvalue weighted by atomic mass is 10.2. The van der Waals surface area contributed by atoms with E-state index in [-0.39, 0.29) is 27.1 Å². The molecule has 6 nitrogen and oxygen atoms in total. The summed E-state index contributed by atoms with van der Waals surface area (Å²) in [5.41, 5.74) is 0.0606. The van der Waals surface area contributed by atoms with Crippen molar-refractivity contribution in [3.05, 3.63) is 33.8 Å². The van der Waals surface area contributed by atoms with Gasteiger partial charge >= 0.3 is 5.97 Å². The molecule has 0 aromatic heterocycles. The number of nitrogens with one attached hydrogen (secondary N) is 1. The first-order chi connectivity index (χ1) is 10.3. The summed E-state index contributed by atoms with van der Waals surface area (Å²) < 4.78 is 27.4. The second-order valence-electron chi connectivity index (χ2n) is 4.84. The van der Waals surface area contributed by atoms with Crippen LogP contribution in [-0.2, 0) is 19.4 Å². The summed E-state index contributed by atoms with van der Waals surface area (Å²) in [6.45, 7) is -0.516. The summed E-state index contributed by atoms with van der Waals surface area (Å²) in [4.78, 5) is 23.5. The molecule has 0 spiro atoms. The zero-order valence-corrected chi connectivity index (χ0v) is 13.7. The van der Waals surface area contributed by atoms with Crippen LogP contribution in [-0.4, -0.2) is 44.4 Å². The predicted octanol–water partition coefficient (Wildman–Crippen LogP) is 1.45. The van der Waals surface area contributed by atoms with Gasteiger partial charge in [0.1, 0.15) is 0 Å². The summed E-state index contributed by atoms with van der Waals surface area (Å²) in [6, 6.07) is 4.05. The summed E-state index contributed by atoms with van der Waals surface area (Å²) >= 11 is 11.7. The quantitative estimate of drug-likeness (QED) is 0.815. The van der Waals surface area contributed by atoms with Gasteiger partial charge in [-0.2, -0.15) is 0 Å². The number of carbonyl (C=O) groups excluding carboxylic acids is 2. The number of esters is 1. The van der Waals surface area contributed by atoms with E-state index in [2.05, 4.69) is 5.32 Å². The third-order valence-corrected chi connectivity index (χ3v) is 5.69. The van der Waals surface area contributed by atoms with Gasteiger partial charge in [-0.25, -0.2) is 13.2 Å². The van der Waals surface area contributed by atoms with Crippen LogP contribution in [0.4, 0.5) is 0 Å². The fourth-order valence-corrected chi connectivity index (χ4v) is 4.10. The molecule has 1 unspecified atom stereocenters. The Labute approximate surface area is 137 Å². The van der Waals surface area contributed by atoms with Crippen molar-refractivity contribution < 1.29 is 22.7 Å². The van der Waals surface area contributed by atoms with Gasteiger partial charge in [0, 0.05) is 6.04 Å². The standard InChI is InChI=1S/C13H13Cl2NO5S/c14-10-3-1-2-9(12(10)15)13(18)21-6-11(17)16-8-4-5-22(19,20)7-8/h1-3,8H,4-7H2,(H,16,17). The van der Waals surface area contributed by atoms with Crippen LogP contribution >= 0.6 is 23.2 Å². The Morgan fingerprint density at radius 3 is 2.68 bits per heavy atom. The largest absolute Gasteiger partial charge is 0.452 e. The average molecular weight is 366 g/mol. The van der Waals surface area contributed by atoms with Crippen LogP contribution in [0.1, 0.15) is 16.8 Å². The van der Waals surface area contributed by atoms with Gasteiger partial charge in [-0.1, -0.05) is 29.3 Å². The maximum absolute atomic E-state index is 11.8. The number of rotatable bonds is 4. The third-order valence-electron chi connectivity index (χ3n) is 3.10. The van der Waals surface area contributed by atoms with Crippen LogP contribution in [0.3, 0.4) is 0 Å². The van der Waals surface area contributed by atoms with Crippen LogP contribution in [0.25, 0.3) is 0 Å². The van der Waals surface area contributed by atoms with Gasteiger partial charge in [0.25, 0.3) is 5.91 Å². The highest BCUT2D eigenvalue weighted by Gasteiger charge is 2.29. The minimum Gasteiger partial charge on any atom is -0.452 e. The number of sulfone groups is 1. The average Bonchev–Trinajstić information content (AvgIpc) is 2.78. The maximum Gasteiger partial charge on any atom is 0.340 e. The lowest BCUT2D eigenvalue weighted by Crippen LogP contribution is -2.38. The minimum atomic E-state index is -3.08. The fourth-order valence-electron chi connectivity index (χ4n) is 2.05. The topological polar surface area (TPSA) is 89.5 Å². The normalized spacial score (nSPS) is 19.6. The Morgan fingerprint density at radius 2 is 2.05 bits per heavy atom. The molecule has 1 aromatic rings. The summed E-state index contributed by atoms with van der Waals surface area (Å²) in [7, 11) is -3.08. The Balaban J connectivity index is 1.86. The number of ether oxygens (including phenoxy) is 1. The van der Waals surface area contributed by atoms with Crippen molar-refractivity contribution in [3.8, 4) is 0 Å². The number of benzene rings is 1. The van der Waals surface area contributed by atoms with E-state index in [0.717, 1.165) is 0 Å². The molecule has 1 saturated heterocycles. The van der Waals surface area contributed by atoms with E-state index in [1.54, 1.807) is 0 Å². The van der Waals surface area contributed by atoms with Crippen LogP contribution in [0.5, 0.6) is 0 Å². The zero-order valence-electron chi connectivity index (χ0n) is 11.3. The molecule has 2 rings (SSSR count). The lowest BCUT2D eigenvalue weighted by Gasteiger charge is -2.11. The van der Waals surface area contributed by atoms with Gasteiger partial charge in [-0.3, -0.25) is 4.79 Å². The number of hydrogen-bond donors (Lipinski definition) is 1. The molecule has 1 fully saturated rings. The SMILES string of the molecule is O=C(COC(=O)c1cccc(Cl)c1Cl)NC1CCS(=O)(=O)C1. The van der Waals surface area contributed by atoms with E-state index < -0.39 is 34.4 Å². The maximum atomic E-state index is 11.8. The van der Waals surface area contributed by atoms with Crippen molar-refractivity contribution in [2.24, 2.45) is 0 Å². The van der Waals surface area contributed by atoms with Crippen LogP contribution < -0.4 is 5.32 Å². The number of hydrogen-bond acceptors (Lipinski definition) is 5. The number of halogens is 2. The zero-order chi connectivity index (χ0) is 16.3. The molecule has 1 atom stereocenters. The van der Waals surface area contributed by atoms with Crippen molar-refractivity contribution in [1.82, 2.24) is 5.32 Å². The van der Waals surface area contributed by atoms with E-state index in [4.69, 9.17) is 27.9 Å². The third kappa shape index (κ3) is 4.34. The van der Waals surface area contributed by atoms with Crippen molar-refractivity contribution in [3.63, 3.8) is 0 Å². The van der Waals surface area contributed by atoms with E-state index in [0.29, 0.717) is 6.42 Å². The molecule has 120 valence electrons. The predicted molar refractivity (Wildman–Crippen MR) is 81.9 cm³/mol. The molecule has 1 aliphatic heterocycles. The van der Waals surface area contributed by atoms with Gasteiger partial charge in [-0.15, -0.1) is 0 Å². The molecule has 0 saturated carbocycles. The van der Waals surface area contributed by atoms with Crippen LogP contribution in [0, 0.1) is 0 Å². The van der Waals surface area contributed by atoms with E-state index in [9.17, 15) is 18.0 Å².